The monoisotopic (exact) mass is 318 g/mol. The van der Waals surface area contributed by atoms with Gasteiger partial charge < -0.3 is 14.7 Å². The summed E-state index contributed by atoms with van der Waals surface area (Å²) in [7, 11) is 0. The van der Waals surface area contributed by atoms with Crippen molar-refractivity contribution in [1.29, 1.82) is 0 Å². The van der Waals surface area contributed by atoms with Crippen LogP contribution in [0.3, 0.4) is 0 Å². The van der Waals surface area contributed by atoms with E-state index >= 15 is 0 Å². The predicted octanol–water partition coefficient (Wildman–Crippen LogP) is 2.36. The van der Waals surface area contributed by atoms with E-state index < -0.39 is 0 Å². The molecule has 2 aliphatic rings. The molecular formula is C19H30N2O2. The second kappa shape index (κ2) is 8.13. The van der Waals surface area contributed by atoms with E-state index in [1.165, 1.54) is 31.5 Å². The molecule has 23 heavy (non-hydrogen) atoms. The first kappa shape index (κ1) is 16.7. The van der Waals surface area contributed by atoms with Crippen LogP contribution in [-0.2, 0) is 6.54 Å². The lowest BCUT2D eigenvalue weighted by molar-refractivity contribution is -0.00331. The minimum atomic E-state index is -0.144. The van der Waals surface area contributed by atoms with Crippen molar-refractivity contribution >= 4 is 0 Å². The van der Waals surface area contributed by atoms with Gasteiger partial charge in [0.2, 0.25) is 0 Å². The third-order valence-corrected chi connectivity index (χ3v) is 4.92. The van der Waals surface area contributed by atoms with Crippen LogP contribution in [0.1, 0.15) is 31.7 Å². The van der Waals surface area contributed by atoms with E-state index in [-0.39, 0.29) is 6.10 Å². The fourth-order valence-electron chi connectivity index (χ4n) is 3.65. The molecule has 0 aromatic heterocycles. The summed E-state index contributed by atoms with van der Waals surface area (Å²) in [5, 5.41) is 9.40. The van der Waals surface area contributed by atoms with E-state index in [0.29, 0.717) is 0 Å². The van der Waals surface area contributed by atoms with Crippen molar-refractivity contribution < 1.29 is 9.84 Å². The summed E-state index contributed by atoms with van der Waals surface area (Å²) in [5.41, 5.74) is 1.23. The highest BCUT2D eigenvalue weighted by atomic mass is 16.5. The minimum absolute atomic E-state index is 0.144. The number of hydrogen-bond acceptors (Lipinski definition) is 4. The van der Waals surface area contributed by atoms with Gasteiger partial charge in [0.25, 0.3) is 0 Å². The Morgan fingerprint density at radius 3 is 2.78 bits per heavy atom. The SMILES string of the molecule is C[C@@H]1CCCN(CCCOc2ccccc2CN2CC(O)C2)C1. The van der Waals surface area contributed by atoms with E-state index in [4.69, 9.17) is 4.74 Å². The van der Waals surface area contributed by atoms with Gasteiger partial charge in [0.15, 0.2) is 0 Å². The van der Waals surface area contributed by atoms with Gasteiger partial charge in [0, 0.05) is 38.3 Å². The summed E-state index contributed by atoms with van der Waals surface area (Å²) in [6.45, 7) is 9.20. The van der Waals surface area contributed by atoms with Gasteiger partial charge in [-0.05, 0) is 37.8 Å². The number of piperidine rings is 1. The lowest BCUT2D eigenvalue weighted by Gasteiger charge is -2.36. The Balaban J connectivity index is 1.41. The molecule has 0 saturated carbocycles. The van der Waals surface area contributed by atoms with Crippen molar-refractivity contribution in [2.24, 2.45) is 5.92 Å². The highest BCUT2D eigenvalue weighted by Crippen LogP contribution is 2.22. The Bertz CT molecular complexity index is 488. The number of benzene rings is 1. The predicted molar refractivity (Wildman–Crippen MR) is 92.7 cm³/mol. The van der Waals surface area contributed by atoms with Gasteiger partial charge in [-0.15, -0.1) is 0 Å². The smallest absolute Gasteiger partial charge is 0.123 e. The van der Waals surface area contributed by atoms with Gasteiger partial charge in [-0.25, -0.2) is 0 Å². The molecule has 4 heteroatoms. The maximum Gasteiger partial charge on any atom is 0.123 e. The van der Waals surface area contributed by atoms with Crippen LogP contribution in [0.2, 0.25) is 0 Å². The van der Waals surface area contributed by atoms with Crippen LogP contribution in [0.5, 0.6) is 5.75 Å². The summed E-state index contributed by atoms with van der Waals surface area (Å²) < 4.78 is 6.04. The maximum absolute atomic E-state index is 9.40. The number of β-amino-alcohol motifs (C(OH)–C–C–N with tert-alkyl or cyclic N) is 1. The summed E-state index contributed by atoms with van der Waals surface area (Å²) in [5.74, 6) is 1.85. The Morgan fingerprint density at radius 1 is 1.17 bits per heavy atom. The lowest BCUT2D eigenvalue weighted by atomic mass is 10.0. The van der Waals surface area contributed by atoms with Crippen molar-refractivity contribution in [1.82, 2.24) is 9.80 Å². The second-order valence-corrected chi connectivity index (χ2v) is 7.21. The number of likely N-dealkylation sites (tertiary alicyclic amines) is 2. The molecule has 2 heterocycles. The van der Waals surface area contributed by atoms with Gasteiger partial charge in [-0.3, -0.25) is 4.90 Å². The van der Waals surface area contributed by atoms with E-state index in [1.54, 1.807) is 0 Å². The van der Waals surface area contributed by atoms with E-state index in [1.807, 2.05) is 6.07 Å². The Kier molecular flexibility index (Phi) is 5.92. The van der Waals surface area contributed by atoms with Crippen molar-refractivity contribution in [2.75, 3.05) is 39.3 Å². The first-order valence-electron chi connectivity index (χ1n) is 9.04. The van der Waals surface area contributed by atoms with Gasteiger partial charge >= 0.3 is 0 Å². The lowest BCUT2D eigenvalue weighted by Crippen LogP contribution is -2.49. The standard InChI is InChI=1S/C19H30N2O2/c1-16-6-4-9-20(12-16)10-5-11-23-19-8-3-2-7-17(19)13-21-14-18(22)15-21/h2-3,7-8,16,18,22H,4-6,9-15H2,1H3/t16-/m1/s1. The van der Waals surface area contributed by atoms with Crippen LogP contribution in [0.25, 0.3) is 0 Å². The summed E-state index contributed by atoms with van der Waals surface area (Å²) in [4.78, 5) is 4.83. The summed E-state index contributed by atoms with van der Waals surface area (Å²) >= 11 is 0. The first-order chi connectivity index (χ1) is 11.2. The number of aliphatic hydroxyl groups is 1. The van der Waals surface area contributed by atoms with Gasteiger partial charge in [-0.2, -0.15) is 0 Å². The number of aliphatic hydroxyl groups excluding tert-OH is 1. The van der Waals surface area contributed by atoms with E-state index in [0.717, 1.165) is 50.9 Å². The zero-order valence-corrected chi connectivity index (χ0v) is 14.3. The maximum atomic E-state index is 9.40. The molecule has 1 aromatic rings. The van der Waals surface area contributed by atoms with Gasteiger partial charge in [0.05, 0.1) is 12.7 Å². The van der Waals surface area contributed by atoms with Crippen LogP contribution in [-0.4, -0.2) is 60.3 Å². The number of ether oxygens (including phenoxy) is 1. The van der Waals surface area contributed by atoms with E-state index in [9.17, 15) is 5.11 Å². The number of rotatable bonds is 7. The second-order valence-electron chi connectivity index (χ2n) is 7.21. The fourth-order valence-corrected chi connectivity index (χ4v) is 3.65. The van der Waals surface area contributed by atoms with Crippen LogP contribution in [0.4, 0.5) is 0 Å². The van der Waals surface area contributed by atoms with Crippen molar-refractivity contribution in [3.05, 3.63) is 29.8 Å². The van der Waals surface area contributed by atoms with E-state index in [2.05, 4.69) is 34.9 Å². The Labute approximate surface area is 140 Å². The molecule has 2 saturated heterocycles. The minimum Gasteiger partial charge on any atom is -0.493 e. The first-order valence-corrected chi connectivity index (χ1v) is 9.04. The number of para-hydroxylation sites is 1. The molecule has 0 aliphatic carbocycles. The largest absolute Gasteiger partial charge is 0.493 e. The molecule has 0 unspecified atom stereocenters. The highest BCUT2D eigenvalue weighted by Gasteiger charge is 2.24. The zero-order valence-electron chi connectivity index (χ0n) is 14.3. The molecule has 128 valence electrons. The van der Waals surface area contributed by atoms with Crippen LogP contribution >= 0.6 is 0 Å². The molecule has 1 N–H and O–H groups in total. The molecule has 2 aliphatic heterocycles. The quantitative estimate of drug-likeness (QED) is 0.783. The van der Waals surface area contributed by atoms with Crippen molar-refractivity contribution in [2.45, 2.75) is 38.8 Å². The summed E-state index contributed by atoms with van der Waals surface area (Å²) in [6.07, 6.45) is 3.66. The molecular weight excluding hydrogens is 288 g/mol. The Hall–Kier alpha value is -1.10. The van der Waals surface area contributed by atoms with Gasteiger partial charge in [-0.1, -0.05) is 25.1 Å². The normalized spacial score (nSPS) is 23.7. The molecule has 0 radical (unpaired) electrons. The fraction of sp³-hybridized carbons (Fsp3) is 0.684. The third kappa shape index (κ3) is 4.93. The highest BCUT2D eigenvalue weighted by molar-refractivity contribution is 5.33. The van der Waals surface area contributed by atoms with Crippen LogP contribution < -0.4 is 4.74 Å². The topological polar surface area (TPSA) is 35.9 Å². The van der Waals surface area contributed by atoms with Crippen LogP contribution in [0, 0.1) is 5.92 Å². The molecule has 0 spiro atoms. The molecule has 2 fully saturated rings. The number of nitrogens with zero attached hydrogens (tertiary/aromatic N) is 2. The van der Waals surface area contributed by atoms with Crippen molar-refractivity contribution in [3.8, 4) is 5.75 Å². The molecule has 4 nitrogen and oxygen atoms in total. The molecule has 1 aromatic carbocycles. The molecule has 0 bridgehead atoms. The average molecular weight is 318 g/mol. The molecule has 1 atom stereocenters. The molecule has 3 rings (SSSR count). The van der Waals surface area contributed by atoms with Crippen LogP contribution in [0.15, 0.2) is 24.3 Å². The van der Waals surface area contributed by atoms with Crippen molar-refractivity contribution in [3.63, 3.8) is 0 Å². The molecule has 0 amide bonds. The summed E-state index contributed by atoms with van der Waals surface area (Å²) in [6, 6.07) is 8.30. The average Bonchev–Trinajstić information content (AvgIpc) is 2.51. The van der Waals surface area contributed by atoms with Gasteiger partial charge in [0.1, 0.15) is 5.75 Å². The number of hydrogen-bond donors (Lipinski definition) is 1. The zero-order chi connectivity index (χ0) is 16.1. The third-order valence-electron chi connectivity index (χ3n) is 4.92. The Morgan fingerprint density at radius 2 is 2.00 bits per heavy atom.